The first-order valence-electron chi connectivity index (χ1n) is 7.99. The second kappa shape index (κ2) is 8.91. The molecule has 2 N–H and O–H groups in total. The van der Waals surface area contributed by atoms with E-state index in [9.17, 15) is 14.0 Å². The van der Waals surface area contributed by atoms with Crippen LogP contribution in [0.1, 0.15) is 10.4 Å². The number of nitrogens with zero attached hydrogens (tertiary/aromatic N) is 2. The summed E-state index contributed by atoms with van der Waals surface area (Å²) in [5, 5.41) is 13.5. The molecule has 2 amide bonds. The van der Waals surface area contributed by atoms with Gasteiger partial charge in [0.05, 0.1) is 11.4 Å². The molecule has 0 fully saturated rings. The van der Waals surface area contributed by atoms with Crippen molar-refractivity contribution in [3.8, 4) is 0 Å². The first-order valence-corrected chi connectivity index (χ1v) is 8.98. The fourth-order valence-corrected chi connectivity index (χ4v) is 2.74. The molecule has 1 heterocycles. The number of carbonyl (C=O) groups is 2. The molecule has 2 aromatic carbocycles. The van der Waals surface area contributed by atoms with Crippen molar-refractivity contribution >= 4 is 35.1 Å². The first-order chi connectivity index (χ1) is 13.1. The fraction of sp³-hybridized carbons (Fsp3) is 0.0526. The highest BCUT2D eigenvalue weighted by atomic mass is 32.2. The zero-order valence-corrected chi connectivity index (χ0v) is 14.9. The van der Waals surface area contributed by atoms with Gasteiger partial charge in [0.1, 0.15) is 10.8 Å². The van der Waals surface area contributed by atoms with Crippen LogP contribution in [0.5, 0.6) is 0 Å². The van der Waals surface area contributed by atoms with Gasteiger partial charge in [-0.3, -0.25) is 9.59 Å². The quantitative estimate of drug-likeness (QED) is 0.637. The van der Waals surface area contributed by atoms with Crippen LogP contribution in [-0.2, 0) is 4.79 Å². The Morgan fingerprint density at radius 2 is 1.63 bits per heavy atom. The first kappa shape index (κ1) is 18.5. The number of halogens is 1. The van der Waals surface area contributed by atoms with Gasteiger partial charge in [0, 0.05) is 5.56 Å². The lowest BCUT2D eigenvalue weighted by Crippen LogP contribution is -2.15. The van der Waals surface area contributed by atoms with Crippen molar-refractivity contribution in [2.24, 2.45) is 0 Å². The van der Waals surface area contributed by atoms with E-state index >= 15 is 0 Å². The number of hydrogen-bond donors (Lipinski definition) is 2. The van der Waals surface area contributed by atoms with Gasteiger partial charge >= 0.3 is 0 Å². The minimum atomic E-state index is -0.492. The predicted molar refractivity (Wildman–Crippen MR) is 102 cm³/mol. The van der Waals surface area contributed by atoms with E-state index in [0.717, 1.165) is 11.8 Å². The van der Waals surface area contributed by atoms with Crippen molar-refractivity contribution in [1.29, 1.82) is 0 Å². The number of rotatable bonds is 6. The summed E-state index contributed by atoms with van der Waals surface area (Å²) < 4.78 is 13.5. The molecule has 0 aliphatic heterocycles. The van der Waals surface area contributed by atoms with E-state index in [1.807, 2.05) is 6.07 Å². The summed E-state index contributed by atoms with van der Waals surface area (Å²) in [6.07, 6.45) is 0. The Labute approximate surface area is 159 Å². The summed E-state index contributed by atoms with van der Waals surface area (Å²) in [4.78, 5) is 24.0. The second-order valence-corrected chi connectivity index (χ2v) is 6.39. The molecule has 0 saturated heterocycles. The third-order valence-corrected chi connectivity index (χ3v) is 4.34. The molecule has 27 heavy (non-hydrogen) atoms. The Balaban J connectivity index is 1.51. The van der Waals surface area contributed by atoms with Gasteiger partial charge in [-0.25, -0.2) is 4.39 Å². The molecule has 6 nitrogen and oxygen atoms in total. The molecular weight excluding hydrogens is 367 g/mol. The number of para-hydroxylation sites is 1. The molecule has 0 unspecified atom stereocenters. The van der Waals surface area contributed by atoms with E-state index in [2.05, 4.69) is 20.8 Å². The highest BCUT2D eigenvalue weighted by Gasteiger charge is 2.09. The van der Waals surface area contributed by atoms with Crippen LogP contribution in [0.2, 0.25) is 0 Å². The van der Waals surface area contributed by atoms with Crippen LogP contribution in [0.3, 0.4) is 0 Å². The van der Waals surface area contributed by atoms with Crippen LogP contribution < -0.4 is 10.6 Å². The maximum absolute atomic E-state index is 13.5. The molecule has 0 spiro atoms. The minimum absolute atomic E-state index is 0.0543. The second-order valence-electron chi connectivity index (χ2n) is 5.39. The fourth-order valence-electron chi connectivity index (χ4n) is 2.13. The van der Waals surface area contributed by atoms with Crippen LogP contribution in [0.15, 0.2) is 71.8 Å². The number of benzene rings is 2. The molecular formula is C19H15FN4O2S. The average molecular weight is 382 g/mol. The molecule has 0 atom stereocenters. The summed E-state index contributed by atoms with van der Waals surface area (Å²) in [6.45, 7) is 0. The van der Waals surface area contributed by atoms with Gasteiger partial charge in [-0.1, -0.05) is 42.1 Å². The van der Waals surface area contributed by atoms with Crippen LogP contribution >= 0.6 is 11.8 Å². The summed E-state index contributed by atoms with van der Waals surface area (Å²) in [6, 6.07) is 18.0. The number of carbonyl (C=O) groups excluding carboxylic acids is 2. The molecule has 0 radical (unpaired) electrons. The lowest BCUT2D eigenvalue weighted by atomic mass is 10.2. The molecule has 0 aliphatic rings. The number of nitrogens with one attached hydrogen (secondary N) is 2. The van der Waals surface area contributed by atoms with Crippen LogP contribution in [-0.4, -0.2) is 27.8 Å². The van der Waals surface area contributed by atoms with E-state index in [4.69, 9.17) is 0 Å². The molecule has 3 rings (SSSR count). The lowest BCUT2D eigenvalue weighted by Gasteiger charge is -2.06. The normalized spacial score (nSPS) is 10.3. The summed E-state index contributed by atoms with van der Waals surface area (Å²) in [5.41, 5.74) is 0.649. The Morgan fingerprint density at radius 3 is 2.33 bits per heavy atom. The SMILES string of the molecule is O=C(CSc1ccc(NC(=O)c2ccccc2)nn1)Nc1ccccc1F. The van der Waals surface area contributed by atoms with Crippen molar-refractivity contribution in [3.05, 3.63) is 78.1 Å². The zero-order chi connectivity index (χ0) is 19.1. The molecule has 0 saturated carbocycles. The highest BCUT2D eigenvalue weighted by Crippen LogP contribution is 2.17. The van der Waals surface area contributed by atoms with E-state index in [1.54, 1.807) is 48.5 Å². The Kier molecular flexibility index (Phi) is 6.11. The predicted octanol–water partition coefficient (Wildman–Crippen LogP) is 3.60. The Morgan fingerprint density at radius 1 is 0.889 bits per heavy atom. The Bertz CT molecular complexity index is 936. The molecule has 0 bridgehead atoms. The van der Waals surface area contributed by atoms with Crippen molar-refractivity contribution in [2.75, 3.05) is 16.4 Å². The summed E-state index contributed by atoms with van der Waals surface area (Å²) in [7, 11) is 0. The van der Waals surface area contributed by atoms with Crippen LogP contribution in [0, 0.1) is 5.82 Å². The molecule has 8 heteroatoms. The number of thioether (sulfide) groups is 1. The van der Waals surface area contributed by atoms with Crippen molar-refractivity contribution < 1.29 is 14.0 Å². The zero-order valence-electron chi connectivity index (χ0n) is 14.1. The molecule has 136 valence electrons. The van der Waals surface area contributed by atoms with Gasteiger partial charge < -0.3 is 10.6 Å². The topological polar surface area (TPSA) is 84.0 Å². The molecule has 1 aromatic heterocycles. The average Bonchev–Trinajstić information content (AvgIpc) is 2.70. The summed E-state index contributed by atoms with van der Waals surface area (Å²) in [5.74, 6) is -0.764. The van der Waals surface area contributed by atoms with Gasteiger partial charge in [0.25, 0.3) is 5.91 Å². The van der Waals surface area contributed by atoms with Crippen molar-refractivity contribution in [2.45, 2.75) is 5.03 Å². The third kappa shape index (κ3) is 5.35. The van der Waals surface area contributed by atoms with Gasteiger partial charge in [0.15, 0.2) is 5.82 Å². The van der Waals surface area contributed by atoms with E-state index < -0.39 is 5.82 Å². The minimum Gasteiger partial charge on any atom is -0.323 e. The highest BCUT2D eigenvalue weighted by molar-refractivity contribution is 7.99. The smallest absolute Gasteiger partial charge is 0.256 e. The van der Waals surface area contributed by atoms with Crippen molar-refractivity contribution in [1.82, 2.24) is 10.2 Å². The summed E-state index contributed by atoms with van der Waals surface area (Å²) >= 11 is 1.16. The van der Waals surface area contributed by atoms with Crippen molar-refractivity contribution in [3.63, 3.8) is 0 Å². The van der Waals surface area contributed by atoms with E-state index in [-0.39, 0.29) is 23.3 Å². The molecule has 3 aromatic rings. The molecule has 0 aliphatic carbocycles. The maximum atomic E-state index is 13.5. The maximum Gasteiger partial charge on any atom is 0.256 e. The van der Waals surface area contributed by atoms with Gasteiger partial charge in [-0.2, -0.15) is 0 Å². The monoisotopic (exact) mass is 382 g/mol. The van der Waals surface area contributed by atoms with Crippen LogP contribution in [0.25, 0.3) is 0 Å². The van der Waals surface area contributed by atoms with Gasteiger partial charge in [0.2, 0.25) is 5.91 Å². The number of aromatic nitrogens is 2. The Hall–Kier alpha value is -3.26. The van der Waals surface area contributed by atoms with Crippen LogP contribution in [0.4, 0.5) is 15.9 Å². The van der Waals surface area contributed by atoms with Gasteiger partial charge in [-0.05, 0) is 36.4 Å². The van der Waals surface area contributed by atoms with E-state index in [1.165, 1.54) is 12.1 Å². The van der Waals surface area contributed by atoms with Gasteiger partial charge in [-0.15, -0.1) is 10.2 Å². The third-order valence-electron chi connectivity index (χ3n) is 3.42. The standard InChI is InChI=1S/C19H15FN4O2S/c20-14-8-4-5-9-15(14)21-17(25)12-27-18-11-10-16(23-24-18)22-19(26)13-6-2-1-3-7-13/h1-11H,12H2,(H,21,25)(H,22,23,26). The van der Waals surface area contributed by atoms with E-state index in [0.29, 0.717) is 16.4 Å². The number of hydrogen-bond acceptors (Lipinski definition) is 5. The number of anilines is 2. The number of amides is 2. The largest absolute Gasteiger partial charge is 0.323 e. The lowest BCUT2D eigenvalue weighted by molar-refractivity contribution is -0.113.